The Bertz CT molecular complexity index is 1940. The Labute approximate surface area is 267 Å². The summed E-state index contributed by atoms with van der Waals surface area (Å²) < 4.78 is 89.4. The zero-order valence-electron chi connectivity index (χ0n) is 24.7. The number of aryl methyl sites for hydroxylation is 2. The summed E-state index contributed by atoms with van der Waals surface area (Å²) >= 11 is 0. The zero-order valence-corrected chi connectivity index (χ0v) is 24.7. The van der Waals surface area contributed by atoms with Gasteiger partial charge in [0.2, 0.25) is 5.41 Å². The van der Waals surface area contributed by atoms with Crippen molar-refractivity contribution in [1.82, 2.24) is 0 Å². The van der Waals surface area contributed by atoms with Crippen LogP contribution in [0, 0.1) is 13.8 Å². The number of alkyl halides is 6. The lowest BCUT2D eigenvalue weighted by Crippen LogP contribution is -2.54. The number of carboxylic acids is 2. The van der Waals surface area contributed by atoms with Gasteiger partial charge in [-0.1, -0.05) is 18.2 Å². The van der Waals surface area contributed by atoms with Crippen LogP contribution in [0.1, 0.15) is 63.7 Å². The van der Waals surface area contributed by atoms with Crippen LogP contribution in [0.5, 0.6) is 5.75 Å². The molecule has 5 N–H and O–H groups in total. The maximum absolute atomic E-state index is 14.9. The molecule has 0 fully saturated rings. The molecule has 0 radical (unpaired) electrons. The topological polar surface area (TPSA) is 153 Å². The Morgan fingerprint density at radius 2 is 1.08 bits per heavy atom. The molecule has 0 aliphatic rings. The van der Waals surface area contributed by atoms with Gasteiger partial charge in [0.05, 0.1) is 16.8 Å². The van der Waals surface area contributed by atoms with Gasteiger partial charge in [-0.25, -0.2) is 9.59 Å². The number of aromatic hydroxyl groups is 1. The first-order chi connectivity index (χ1) is 22.3. The number of benzene rings is 4. The molecule has 250 valence electrons. The Morgan fingerprint density at radius 3 is 1.54 bits per heavy atom. The highest BCUT2D eigenvalue weighted by atomic mass is 19.4. The normalized spacial score (nSPS) is 11.9. The smallest absolute Gasteiger partial charge is 0.411 e. The SMILES string of the molecule is Cc1cc(C(=O)Nc2cccc(C(c3ccc(O)c(NC(=O)c4ccc(C(=O)O)c(C)c4)c3)(C(F)(F)F)C(F)(F)F)c2)ccc1C(=O)O. The molecule has 4 rings (SSSR count). The fourth-order valence-corrected chi connectivity index (χ4v) is 5.17. The third-order valence-electron chi connectivity index (χ3n) is 7.52. The van der Waals surface area contributed by atoms with Gasteiger partial charge in [0, 0.05) is 16.8 Å². The number of anilines is 2. The standard InChI is InChI=1S/C33H24F6N2O7/c1-16-12-18(6-9-23(16)29(45)46)27(43)40-22-5-3-4-20(14-22)31(32(34,35)36,33(37,38)39)21-8-11-26(42)25(15-21)41-28(44)19-7-10-24(30(47)48)17(2)13-19/h3-15,42H,1-2H3,(H,40,43)(H,41,44)(H,45,46)(H,47,48). The Kier molecular flexibility index (Phi) is 9.29. The molecule has 2 amide bonds. The molecule has 0 heterocycles. The van der Waals surface area contributed by atoms with E-state index < -0.39 is 69.8 Å². The molecule has 15 heteroatoms. The van der Waals surface area contributed by atoms with Crippen LogP contribution in [0.25, 0.3) is 0 Å². The maximum atomic E-state index is 14.9. The summed E-state index contributed by atoms with van der Waals surface area (Å²) in [6.45, 7) is 2.76. The van der Waals surface area contributed by atoms with Crippen LogP contribution >= 0.6 is 0 Å². The highest BCUT2D eigenvalue weighted by Crippen LogP contribution is 2.57. The predicted octanol–water partition coefficient (Wildman–Crippen LogP) is 7.32. The number of rotatable bonds is 8. The lowest BCUT2D eigenvalue weighted by molar-refractivity contribution is -0.288. The van der Waals surface area contributed by atoms with Crippen LogP contribution in [-0.4, -0.2) is 51.4 Å². The van der Waals surface area contributed by atoms with Crippen LogP contribution in [0.4, 0.5) is 37.7 Å². The first-order valence-corrected chi connectivity index (χ1v) is 13.7. The number of hydrogen-bond acceptors (Lipinski definition) is 5. The summed E-state index contributed by atoms with van der Waals surface area (Å²) in [5.41, 5.74) is -9.07. The lowest BCUT2D eigenvalue weighted by atomic mass is 9.72. The molecule has 0 saturated heterocycles. The Balaban J connectivity index is 1.79. The number of amides is 2. The van der Waals surface area contributed by atoms with Gasteiger partial charge in [0.25, 0.3) is 11.8 Å². The summed E-state index contributed by atoms with van der Waals surface area (Å²) in [6, 6.07) is 10.9. The van der Waals surface area contributed by atoms with Gasteiger partial charge < -0.3 is 26.0 Å². The summed E-state index contributed by atoms with van der Waals surface area (Å²) in [5.74, 6) is -5.45. The van der Waals surface area contributed by atoms with E-state index in [9.17, 15) is 60.8 Å². The van der Waals surface area contributed by atoms with Crippen LogP contribution in [0.2, 0.25) is 0 Å². The minimum atomic E-state index is -6.07. The van der Waals surface area contributed by atoms with E-state index in [0.29, 0.717) is 30.3 Å². The number of carbonyl (C=O) groups is 4. The molecule has 0 saturated carbocycles. The van der Waals surface area contributed by atoms with E-state index >= 15 is 0 Å². The maximum Gasteiger partial charge on any atom is 0.411 e. The first-order valence-electron chi connectivity index (χ1n) is 13.7. The van der Waals surface area contributed by atoms with Gasteiger partial charge in [-0.2, -0.15) is 26.3 Å². The Hall–Kier alpha value is -5.86. The summed E-state index contributed by atoms with van der Waals surface area (Å²) in [6.07, 6.45) is -12.1. The molecule has 0 aliphatic carbocycles. The van der Waals surface area contributed by atoms with Crippen molar-refractivity contribution in [2.24, 2.45) is 0 Å². The van der Waals surface area contributed by atoms with Crippen molar-refractivity contribution in [2.45, 2.75) is 31.6 Å². The molecule has 48 heavy (non-hydrogen) atoms. The van der Waals surface area contributed by atoms with Crippen LogP contribution < -0.4 is 10.6 Å². The van der Waals surface area contributed by atoms with Crippen molar-refractivity contribution >= 4 is 35.1 Å². The molecule has 0 aliphatic heterocycles. The number of nitrogens with one attached hydrogen (secondary N) is 2. The number of aromatic carboxylic acids is 2. The minimum Gasteiger partial charge on any atom is -0.506 e. The van der Waals surface area contributed by atoms with Crippen molar-refractivity contribution in [3.05, 3.63) is 123 Å². The van der Waals surface area contributed by atoms with Gasteiger partial charge in [0.15, 0.2) is 0 Å². The number of phenolic OH excluding ortho intramolecular Hbond substituents is 1. The molecule has 0 spiro atoms. The number of carbonyl (C=O) groups excluding carboxylic acids is 2. The van der Waals surface area contributed by atoms with Gasteiger partial charge in [0.1, 0.15) is 5.75 Å². The van der Waals surface area contributed by atoms with Gasteiger partial charge in [-0.3, -0.25) is 9.59 Å². The molecule has 0 atom stereocenters. The van der Waals surface area contributed by atoms with Gasteiger partial charge in [-0.05, 0) is 96.8 Å². The second kappa shape index (κ2) is 12.7. The van der Waals surface area contributed by atoms with Crippen LogP contribution in [0.15, 0.2) is 78.9 Å². The molecule has 0 aromatic heterocycles. The molecular formula is C33H24F6N2O7. The largest absolute Gasteiger partial charge is 0.506 e. The van der Waals surface area contributed by atoms with Crippen molar-refractivity contribution in [3.8, 4) is 5.75 Å². The highest BCUT2D eigenvalue weighted by molar-refractivity contribution is 6.06. The van der Waals surface area contributed by atoms with E-state index in [1.54, 1.807) is 0 Å². The molecule has 0 bridgehead atoms. The monoisotopic (exact) mass is 674 g/mol. The predicted molar refractivity (Wildman–Crippen MR) is 160 cm³/mol. The molecule has 9 nitrogen and oxygen atoms in total. The van der Waals surface area contributed by atoms with E-state index in [-0.39, 0.29) is 33.4 Å². The van der Waals surface area contributed by atoms with Crippen molar-refractivity contribution in [2.75, 3.05) is 10.6 Å². The van der Waals surface area contributed by atoms with E-state index in [4.69, 9.17) is 0 Å². The quantitative estimate of drug-likeness (QED) is 0.0970. The zero-order chi connectivity index (χ0) is 35.8. The molecule has 4 aromatic rings. The first kappa shape index (κ1) is 35.0. The van der Waals surface area contributed by atoms with Crippen molar-refractivity contribution < 1.29 is 60.8 Å². The summed E-state index contributed by atoms with van der Waals surface area (Å²) in [4.78, 5) is 48.3. The number of carboxylic acid groups (broad SMARTS) is 2. The Morgan fingerprint density at radius 1 is 0.604 bits per heavy atom. The van der Waals surface area contributed by atoms with E-state index in [1.807, 2.05) is 0 Å². The molecule has 4 aromatic carbocycles. The summed E-state index contributed by atoms with van der Waals surface area (Å²) in [5, 5.41) is 33.0. The summed E-state index contributed by atoms with van der Waals surface area (Å²) in [7, 11) is 0. The van der Waals surface area contributed by atoms with Gasteiger partial charge in [-0.15, -0.1) is 0 Å². The second-order valence-corrected chi connectivity index (χ2v) is 10.6. The van der Waals surface area contributed by atoms with Gasteiger partial charge >= 0.3 is 24.3 Å². The number of halogens is 6. The number of phenols is 1. The third-order valence-corrected chi connectivity index (χ3v) is 7.52. The van der Waals surface area contributed by atoms with E-state index in [2.05, 4.69) is 10.6 Å². The van der Waals surface area contributed by atoms with Crippen molar-refractivity contribution in [1.29, 1.82) is 0 Å². The van der Waals surface area contributed by atoms with Crippen LogP contribution in [-0.2, 0) is 5.41 Å². The van der Waals surface area contributed by atoms with E-state index in [0.717, 1.165) is 42.5 Å². The van der Waals surface area contributed by atoms with E-state index in [1.165, 1.54) is 19.9 Å². The average Bonchev–Trinajstić information content (AvgIpc) is 2.97. The fraction of sp³-hybridized carbons (Fsp3) is 0.152. The second-order valence-electron chi connectivity index (χ2n) is 10.6. The minimum absolute atomic E-state index is 0.118. The fourth-order valence-electron chi connectivity index (χ4n) is 5.17. The highest BCUT2D eigenvalue weighted by Gasteiger charge is 2.72. The lowest BCUT2D eigenvalue weighted by Gasteiger charge is -2.38. The molecular weight excluding hydrogens is 650 g/mol. The number of hydrogen-bond donors (Lipinski definition) is 5. The van der Waals surface area contributed by atoms with Crippen LogP contribution in [0.3, 0.4) is 0 Å². The van der Waals surface area contributed by atoms with Crippen molar-refractivity contribution in [3.63, 3.8) is 0 Å². The molecule has 0 unspecified atom stereocenters. The third kappa shape index (κ3) is 6.52. The average molecular weight is 675 g/mol.